The topological polar surface area (TPSA) is 72.7 Å². The van der Waals surface area contributed by atoms with Crippen LogP contribution in [-0.2, 0) is 11.3 Å². The van der Waals surface area contributed by atoms with Crippen LogP contribution in [0.15, 0.2) is 30.6 Å². The van der Waals surface area contributed by atoms with Gasteiger partial charge in [0.25, 0.3) is 0 Å². The lowest BCUT2D eigenvalue weighted by Gasteiger charge is -2.06. The molecule has 6 nitrogen and oxygen atoms in total. The maximum Gasteiger partial charge on any atom is 0.221 e. The smallest absolute Gasteiger partial charge is 0.221 e. The summed E-state index contributed by atoms with van der Waals surface area (Å²) < 4.78 is 2.18. The summed E-state index contributed by atoms with van der Waals surface area (Å²) in [5.74, 6) is -0.0401. The highest BCUT2D eigenvalue weighted by Crippen LogP contribution is 2.14. The second-order valence-electron chi connectivity index (χ2n) is 3.84. The Hall–Kier alpha value is -2.15. The van der Waals surface area contributed by atoms with Gasteiger partial charge in [-0.05, 0) is 18.2 Å². The summed E-state index contributed by atoms with van der Waals surface area (Å²) in [7, 11) is 1.60. The van der Waals surface area contributed by atoms with Gasteiger partial charge in [-0.2, -0.15) is 15.3 Å². The van der Waals surface area contributed by atoms with Gasteiger partial charge >= 0.3 is 0 Å². The van der Waals surface area contributed by atoms with Crippen LogP contribution in [0.1, 0.15) is 6.42 Å². The van der Waals surface area contributed by atoms with E-state index in [1.807, 2.05) is 6.07 Å². The molecule has 2 aromatic heterocycles. The van der Waals surface area contributed by atoms with Crippen molar-refractivity contribution in [3.63, 3.8) is 0 Å². The third-order valence-electron chi connectivity index (χ3n) is 2.57. The molecule has 0 saturated carbocycles. The first-order valence-corrected chi connectivity index (χ1v) is 6.17. The number of hydrogen-bond acceptors (Lipinski definition) is 5. The van der Waals surface area contributed by atoms with Gasteiger partial charge in [-0.25, -0.2) is 0 Å². The largest absolute Gasteiger partial charge is 0.359 e. The van der Waals surface area contributed by atoms with Crippen molar-refractivity contribution in [2.45, 2.75) is 13.0 Å². The van der Waals surface area contributed by atoms with E-state index in [9.17, 15) is 4.79 Å². The molecule has 1 N–H and O–H groups in total. The second kappa shape index (κ2) is 6.14. The number of carbonyl (C=O) groups excluding carboxylic acids is 1. The summed E-state index contributed by atoms with van der Waals surface area (Å²) in [6.07, 6.45) is 3.63. The average Bonchev–Trinajstić information content (AvgIpc) is 2.46. The van der Waals surface area contributed by atoms with Crippen LogP contribution in [0.2, 0.25) is 0 Å². The summed E-state index contributed by atoms with van der Waals surface area (Å²) in [5, 5.41) is 14.6. The monoisotopic (exact) mass is 275 g/mol. The van der Waals surface area contributed by atoms with Gasteiger partial charge in [0, 0.05) is 25.2 Å². The molecule has 2 rings (SSSR count). The zero-order chi connectivity index (χ0) is 13.7. The van der Waals surface area contributed by atoms with E-state index < -0.39 is 0 Å². The first-order valence-electron chi connectivity index (χ1n) is 5.76. The van der Waals surface area contributed by atoms with Crippen LogP contribution in [0.25, 0.3) is 11.3 Å². The van der Waals surface area contributed by atoms with Crippen molar-refractivity contribution >= 4 is 18.1 Å². The van der Waals surface area contributed by atoms with Gasteiger partial charge in [0.2, 0.25) is 5.91 Å². The highest BCUT2D eigenvalue weighted by Gasteiger charge is 2.03. The standard InChI is InChI=1S/C12H13N5OS/c1-13-11(18)4-6-17-12(19)7-9(8-15-17)10-3-2-5-14-16-10/h2-3,5,7-8H,4,6H2,1H3,(H,13,18). The molecule has 0 aliphatic carbocycles. The number of aromatic nitrogens is 4. The van der Waals surface area contributed by atoms with Gasteiger partial charge in [0.1, 0.15) is 4.64 Å². The van der Waals surface area contributed by atoms with Crippen molar-refractivity contribution < 1.29 is 4.79 Å². The van der Waals surface area contributed by atoms with E-state index in [2.05, 4.69) is 20.6 Å². The molecule has 0 atom stereocenters. The Labute approximate surface area is 115 Å². The lowest BCUT2D eigenvalue weighted by molar-refractivity contribution is -0.120. The van der Waals surface area contributed by atoms with Crippen molar-refractivity contribution in [1.29, 1.82) is 0 Å². The maximum absolute atomic E-state index is 11.2. The van der Waals surface area contributed by atoms with E-state index in [0.29, 0.717) is 17.6 Å². The SMILES string of the molecule is CNC(=O)CCn1ncc(-c2cccnn2)cc1=S. The Balaban J connectivity index is 2.18. The van der Waals surface area contributed by atoms with Crippen LogP contribution in [-0.4, -0.2) is 32.9 Å². The molecular weight excluding hydrogens is 262 g/mol. The molecule has 7 heteroatoms. The van der Waals surface area contributed by atoms with Crippen molar-refractivity contribution in [3.8, 4) is 11.3 Å². The molecule has 0 bridgehead atoms. The minimum absolute atomic E-state index is 0.0401. The number of nitrogens with zero attached hydrogens (tertiary/aromatic N) is 4. The van der Waals surface area contributed by atoms with Crippen LogP contribution in [0.3, 0.4) is 0 Å². The van der Waals surface area contributed by atoms with Gasteiger partial charge in [0.05, 0.1) is 18.4 Å². The normalized spacial score (nSPS) is 10.2. The number of rotatable bonds is 4. The third kappa shape index (κ3) is 3.41. The quantitative estimate of drug-likeness (QED) is 0.849. The molecule has 19 heavy (non-hydrogen) atoms. The first-order chi connectivity index (χ1) is 9.20. The number of hydrogen-bond donors (Lipinski definition) is 1. The summed E-state index contributed by atoms with van der Waals surface area (Å²) >= 11 is 5.25. The number of amides is 1. The molecule has 0 spiro atoms. The Morgan fingerprint density at radius 2 is 2.37 bits per heavy atom. The second-order valence-corrected chi connectivity index (χ2v) is 4.26. The summed E-state index contributed by atoms with van der Waals surface area (Å²) in [6.45, 7) is 0.458. The van der Waals surface area contributed by atoms with E-state index in [0.717, 1.165) is 11.3 Å². The van der Waals surface area contributed by atoms with Crippen molar-refractivity contribution in [2.75, 3.05) is 7.05 Å². The molecule has 0 saturated heterocycles. The molecule has 0 aromatic carbocycles. The first kappa shape index (κ1) is 13.3. The molecule has 98 valence electrons. The molecule has 0 radical (unpaired) electrons. The molecule has 0 aliphatic rings. The predicted octanol–water partition coefficient (Wildman–Crippen LogP) is 1.21. The highest BCUT2D eigenvalue weighted by molar-refractivity contribution is 7.71. The lowest BCUT2D eigenvalue weighted by Crippen LogP contribution is -2.20. The fourth-order valence-corrected chi connectivity index (χ4v) is 1.79. The average molecular weight is 275 g/mol. The molecule has 0 aliphatic heterocycles. The molecule has 0 fully saturated rings. The fraction of sp³-hybridized carbons (Fsp3) is 0.250. The minimum atomic E-state index is -0.0401. The summed E-state index contributed by atoms with van der Waals surface area (Å²) in [5.41, 5.74) is 1.54. The van der Waals surface area contributed by atoms with E-state index in [1.165, 1.54) is 0 Å². The molecular formula is C12H13N5OS. The maximum atomic E-state index is 11.2. The molecule has 1 amide bonds. The molecule has 2 heterocycles. The third-order valence-corrected chi connectivity index (χ3v) is 2.90. The minimum Gasteiger partial charge on any atom is -0.359 e. The van der Waals surface area contributed by atoms with Crippen molar-refractivity contribution in [2.24, 2.45) is 0 Å². The van der Waals surface area contributed by atoms with E-state index in [4.69, 9.17) is 12.2 Å². The van der Waals surface area contributed by atoms with Crippen molar-refractivity contribution in [3.05, 3.63) is 35.2 Å². The van der Waals surface area contributed by atoms with E-state index in [1.54, 1.807) is 36.3 Å². The van der Waals surface area contributed by atoms with Crippen LogP contribution in [0.5, 0.6) is 0 Å². The Morgan fingerprint density at radius 1 is 1.53 bits per heavy atom. The highest BCUT2D eigenvalue weighted by atomic mass is 32.1. The number of nitrogens with one attached hydrogen (secondary N) is 1. The van der Waals surface area contributed by atoms with Crippen LogP contribution in [0.4, 0.5) is 0 Å². The van der Waals surface area contributed by atoms with Gasteiger partial charge in [-0.15, -0.1) is 0 Å². The van der Waals surface area contributed by atoms with Gasteiger partial charge in [0.15, 0.2) is 0 Å². The van der Waals surface area contributed by atoms with E-state index >= 15 is 0 Å². The Kier molecular flexibility index (Phi) is 4.30. The predicted molar refractivity (Wildman–Crippen MR) is 72.8 cm³/mol. The summed E-state index contributed by atoms with van der Waals surface area (Å²) in [6, 6.07) is 5.45. The summed E-state index contributed by atoms with van der Waals surface area (Å²) in [4.78, 5) is 11.2. The Morgan fingerprint density at radius 3 is 3.00 bits per heavy atom. The molecule has 0 unspecified atom stereocenters. The van der Waals surface area contributed by atoms with Crippen molar-refractivity contribution in [1.82, 2.24) is 25.3 Å². The zero-order valence-electron chi connectivity index (χ0n) is 10.4. The molecule has 2 aromatic rings. The number of carbonyl (C=O) groups is 1. The van der Waals surface area contributed by atoms with Crippen LogP contribution < -0.4 is 5.32 Å². The van der Waals surface area contributed by atoms with Gasteiger partial charge < -0.3 is 5.32 Å². The Bertz CT molecular complexity index is 626. The zero-order valence-corrected chi connectivity index (χ0v) is 11.2. The van der Waals surface area contributed by atoms with Gasteiger partial charge in [-0.1, -0.05) is 12.2 Å². The lowest BCUT2D eigenvalue weighted by atomic mass is 10.2. The van der Waals surface area contributed by atoms with E-state index in [-0.39, 0.29) is 5.91 Å². The number of aryl methyl sites for hydroxylation is 1. The van der Waals surface area contributed by atoms with Gasteiger partial charge in [-0.3, -0.25) is 9.48 Å². The van der Waals surface area contributed by atoms with Crippen LogP contribution >= 0.6 is 12.2 Å². The van der Waals surface area contributed by atoms with Crippen LogP contribution in [0, 0.1) is 4.64 Å². The fourth-order valence-electron chi connectivity index (χ4n) is 1.53.